The van der Waals surface area contributed by atoms with Crippen molar-refractivity contribution in [1.82, 2.24) is 5.32 Å². The predicted molar refractivity (Wildman–Crippen MR) is 108 cm³/mol. The average molecular weight is 405 g/mol. The molecule has 152 valence electrons. The van der Waals surface area contributed by atoms with Crippen LogP contribution in [0.25, 0.3) is 0 Å². The van der Waals surface area contributed by atoms with Crippen LogP contribution in [0.4, 0.5) is 11.4 Å². The molecule has 2 aliphatic rings. The second kappa shape index (κ2) is 7.94. The quantitative estimate of drug-likeness (QED) is 0.591. The van der Waals surface area contributed by atoms with Crippen molar-refractivity contribution in [3.63, 3.8) is 0 Å². The first kappa shape index (κ1) is 19.6. The molecule has 1 fully saturated rings. The van der Waals surface area contributed by atoms with Gasteiger partial charge in [0.05, 0.1) is 18.2 Å². The van der Waals surface area contributed by atoms with Gasteiger partial charge in [-0.2, -0.15) is 5.26 Å². The number of amidine groups is 1. The largest absolute Gasteiger partial charge is 0.380 e. The van der Waals surface area contributed by atoms with E-state index in [1.54, 1.807) is 42.5 Å². The molecule has 2 aliphatic heterocycles. The first-order chi connectivity index (χ1) is 14.5. The molecule has 0 radical (unpaired) electrons. The zero-order chi connectivity index (χ0) is 21.3. The third-order valence-electron chi connectivity index (χ3n) is 5.06. The number of fused-ring (bicyclic) bond motifs is 1. The molecule has 2 atom stereocenters. The van der Waals surface area contributed by atoms with Crippen LogP contribution in [0.3, 0.4) is 0 Å². The van der Waals surface area contributed by atoms with E-state index in [4.69, 9.17) is 15.4 Å². The van der Waals surface area contributed by atoms with Gasteiger partial charge in [-0.05, 0) is 42.0 Å². The van der Waals surface area contributed by atoms with E-state index < -0.39 is 24.0 Å². The number of benzene rings is 2. The zero-order valence-electron chi connectivity index (χ0n) is 15.9. The van der Waals surface area contributed by atoms with Crippen molar-refractivity contribution in [2.45, 2.75) is 18.8 Å². The molecule has 0 aromatic heterocycles. The summed E-state index contributed by atoms with van der Waals surface area (Å²) in [6.07, 6.45) is -3.06. The molecule has 0 unspecified atom stereocenters. The third kappa shape index (κ3) is 3.61. The average Bonchev–Trinajstić information content (AvgIpc) is 3.13. The van der Waals surface area contributed by atoms with Gasteiger partial charge in [0.1, 0.15) is 5.84 Å². The lowest BCUT2D eigenvalue weighted by Crippen LogP contribution is -2.55. The summed E-state index contributed by atoms with van der Waals surface area (Å²) in [7, 11) is 0. The SMILES string of the molecule is N#Cc1cccc(N2CCO[C@H]([C@@H](O)C(=O)Nc3ccc4c(c3)CNC4=N)C2=O)c1. The Labute approximate surface area is 172 Å². The lowest BCUT2D eigenvalue weighted by atomic mass is 10.1. The molecule has 9 nitrogen and oxygen atoms in total. The van der Waals surface area contributed by atoms with Gasteiger partial charge in [0, 0.05) is 30.0 Å². The van der Waals surface area contributed by atoms with E-state index in [1.165, 1.54) is 4.90 Å². The monoisotopic (exact) mass is 405 g/mol. The molecule has 2 heterocycles. The normalized spacial score (nSPS) is 18.9. The van der Waals surface area contributed by atoms with Crippen molar-refractivity contribution < 1.29 is 19.4 Å². The summed E-state index contributed by atoms with van der Waals surface area (Å²) < 4.78 is 5.40. The number of hydrogen-bond acceptors (Lipinski definition) is 6. The maximum atomic E-state index is 12.9. The van der Waals surface area contributed by atoms with E-state index in [1.807, 2.05) is 6.07 Å². The van der Waals surface area contributed by atoms with E-state index >= 15 is 0 Å². The molecule has 0 bridgehead atoms. The summed E-state index contributed by atoms with van der Waals surface area (Å²) in [4.78, 5) is 26.8. The Kier molecular flexibility index (Phi) is 5.18. The Morgan fingerprint density at radius 3 is 3.00 bits per heavy atom. The molecule has 2 aromatic rings. The molecule has 0 saturated carbocycles. The Bertz CT molecular complexity index is 1080. The number of nitriles is 1. The number of anilines is 2. The Morgan fingerprint density at radius 2 is 2.20 bits per heavy atom. The van der Waals surface area contributed by atoms with Crippen LogP contribution in [0.15, 0.2) is 42.5 Å². The van der Waals surface area contributed by atoms with Gasteiger partial charge in [0.2, 0.25) is 0 Å². The van der Waals surface area contributed by atoms with Gasteiger partial charge in [-0.3, -0.25) is 15.0 Å². The minimum Gasteiger partial charge on any atom is -0.380 e. The highest BCUT2D eigenvalue weighted by atomic mass is 16.5. The van der Waals surface area contributed by atoms with Crippen LogP contribution in [0.5, 0.6) is 0 Å². The Morgan fingerprint density at radius 1 is 1.37 bits per heavy atom. The van der Waals surface area contributed by atoms with Crippen LogP contribution in [-0.4, -0.2) is 48.1 Å². The molecule has 0 aliphatic carbocycles. The van der Waals surface area contributed by atoms with Crippen molar-refractivity contribution in [3.05, 3.63) is 59.2 Å². The van der Waals surface area contributed by atoms with Crippen LogP contribution in [0, 0.1) is 16.7 Å². The fourth-order valence-corrected chi connectivity index (χ4v) is 3.53. The highest BCUT2D eigenvalue weighted by Gasteiger charge is 2.39. The number of carbonyl (C=O) groups excluding carboxylic acids is 2. The summed E-state index contributed by atoms with van der Waals surface area (Å²) in [6.45, 7) is 0.883. The van der Waals surface area contributed by atoms with Crippen LogP contribution < -0.4 is 15.5 Å². The summed E-state index contributed by atoms with van der Waals surface area (Å²) in [5.41, 5.74) is 2.99. The maximum Gasteiger partial charge on any atom is 0.259 e. The Hall–Kier alpha value is -3.74. The highest BCUT2D eigenvalue weighted by Crippen LogP contribution is 2.23. The van der Waals surface area contributed by atoms with Crippen molar-refractivity contribution >= 4 is 29.0 Å². The molecule has 1 saturated heterocycles. The van der Waals surface area contributed by atoms with Gasteiger partial charge in [-0.15, -0.1) is 0 Å². The molecular formula is C21H19N5O4. The molecule has 2 aromatic carbocycles. The second-order valence-electron chi connectivity index (χ2n) is 6.98. The number of aliphatic hydroxyl groups is 1. The standard InChI is InChI=1S/C21H19N5O4/c22-10-12-2-1-3-15(8-12)26-6-7-30-18(21(26)29)17(27)20(28)25-14-4-5-16-13(9-14)11-24-19(16)23/h1-5,8-9,17-18,27H,6-7,11H2,(H2,23,24)(H,25,28)/t17-,18-/m1/s1. The van der Waals surface area contributed by atoms with Gasteiger partial charge < -0.3 is 25.4 Å². The minimum absolute atomic E-state index is 0.143. The maximum absolute atomic E-state index is 12.9. The number of aliphatic hydroxyl groups excluding tert-OH is 1. The van der Waals surface area contributed by atoms with Crippen molar-refractivity contribution in [2.75, 3.05) is 23.4 Å². The molecule has 4 rings (SSSR count). The zero-order valence-corrected chi connectivity index (χ0v) is 15.9. The molecule has 0 spiro atoms. The predicted octanol–water partition coefficient (Wildman–Crippen LogP) is 0.718. The van der Waals surface area contributed by atoms with Gasteiger partial charge >= 0.3 is 0 Å². The molecule has 30 heavy (non-hydrogen) atoms. The van der Waals surface area contributed by atoms with E-state index in [0.29, 0.717) is 29.3 Å². The third-order valence-corrected chi connectivity index (χ3v) is 5.06. The van der Waals surface area contributed by atoms with E-state index in [-0.39, 0.29) is 13.2 Å². The topological polar surface area (TPSA) is 139 Å². The summed E-state index contributed by atoms with van der Waals surface area (Å²) in [6, 6.07) is 13.6. The summed E-state index contributed by atoms with van der Waals surface area (Å²) in [5.74, 6) is -0.989. The number of ether oxygens (including phenoxy) is 1. The number of nitrogens with zero attached hydrogens (tertiary/aromatic N) is 2. The molecule has 4 N–H and O–H groups in total. The lowest BCUT2D eigenvalue weighted by Gasteiger charge is -2.34. The number of rotatable bonds is 4. The van der Waals surface area contributed by atoms with Crippen LogP contribution >= 0.6 is 0 Å². The Balaban J connectivity index is 1.47. The number of hydrogen-bond donors (Lipinski definition) is 4. The fourth-order valence-electron chi connectivity index (χ4n) is 3.53. The minimum atomic E-state index is -1.70. The number of carbonyl (C=O) groups is 2. The fraction of sp³-hybridized carbons (Fsp3) is 0.238. The number of morpholine rings is 1. The smallest absolute Gasteiger partial charge is 0.259 e. The summed E-state index contributed by atoms with van der Waals surface area (Å²) >= 11 is 0. The van der Waals surface area contributed by atoms with E-state index in [0.717, 1.165) is 11.1 Å². The van der Waals surface area contributed by atoms with Crippen LogP contribution in [0.1, 0.15) is 16.7 Å². The van der Waals surface area contributed by atoms with Crippen molar-refractivity contribution in [1.29, 1.82) is 10.7 Å². The van der Waals surface area contributed by atoms with Crippen molar-refractivity contribution in [3.8, 4) is 6.07 Å². The second-order valence-corrected chi connectivity index (χ2v) is 6.98. The highest BCUT2D eigenvalue weighted by molar-refractivity contribution is 6.04. The van der Waals surface area contributed by atoms with Gasteiger partial charge in [0.25, 0.3) is 11.8 Å². The van der Waals surface area contributed by atoms with Gasteiger partial charge in [-0.1, -0.05) is 6.07 Å². The van der Waals surface area contributed by atoms with Gasteiger partial charge in [-0.25, -0.2) is 0 Å². The molecule has 2 amide bonds. The van der Waals surface area contributed by atoms with Crippen LogP contribution in [0.2, 0.25) is 0 Å². The molecule has 9 heteroatoms. The van der Waals surface area contributed by atoms with E-state index in [9.17, 15) is 14.7 Å². The van der Waals surface area contributed by atoms with E-state index in [2.05, 4.69) is 10.6 Å². The first-order valence-corrected chi connectivity index (χ1v) is 9.36. The van der Waals surface area contributed by atoms with Crippen LogP contribution in [-0.2, 0) is 20.9 Å². The van der Waals surface area contributed by atoms with Gasteiger partial charge in [0.15, 0.2) is 12.2 Å². The van der Waals surface area contributed by atoms with Crippen molar-refractivity contribution in [2.24, 2.45) is 0 Å². The molecular weight excluding hydrogens is 386 g/mol. The summed E-state index contributed by atoms with van der Waals surface area (Å²) in [5, 5.41) is 32.8. The first-order valence-electron chi connectivity index (χ1n) is 9.36. The lowest BCUT2D eigenvalue weighted by molar-refractivity contribution is -0.150. The number of amides is 2. The number of nitrogens with one attached hydrogen (secondary N) is 3.